The molecule has 1 saturated heterocycles. The first kappa shape index (κ1) is 16.4. The summed E-state index contributed by atoms with van der Waals surface area (Å²) < 4.78 is 34.9. The first-order valence-electron chi connectivity index (χ1n) is 6.47. The van der Waals surface area contributed by atoms with Crippen LogP contribution in [0.5, 0.6) is 0 Å². The van der Waals surface area contributed by atoms with Gasteiger partial charge in [0.2, 0.25) is 10.0 Å². The van der Waals surface area contributed by atoms with Crippen LogP contribution in [0.1, 0.15) is 33.6 Å². The van der Waals surface area contributed by atoms with Gasteiger partial charge >= 0.3 is 5.97 Å². The van der Waals surface area contributed by atoms with E-state index in [0.717, 1.165) is 0 Å². The molecule has 7 heteroatoms. The van der Waals surface area contributed by atoms with Gasteiger partial charge in [0, 0.05) is 20.2 Å². The van der Waals surface area contributed by atoms with Gasteiger partial charge in [-0.25, -0.2) is 12.7 Å². The third-order valence-electron chi connectivity index (χ3n) is 3.49. The number of sulfonamides is 1. The first-order chi connectivity index (χ1) is 8.77. The normalized spacial score (nSPS) is 19.4. The zero-order chi connectivity index (χ0) is 14.7. The topological polar surface area (TPSA) is 72.9 Å². The Morgan fingerprint density at radius 3 is 2.26 bits per heavy atom. The highest BCUT2D eigenvalue weighted by molar-refractivity contribution is 7.91. The Morgan fingerprint density at radius 1 is 1.32 bits per heavy atom. The zero-order valence-electron chi connectivity index (χ0n) is 12.0. The van der Waals surface area contributed by atoms with Crippen molar-refractivity contribution in [3.63, 3.8) is 0 Å². The van der Waals surface area contributed by atoms with Gasteiger partial charge in [-0.3, -0.25) is 4.79 Å². The van der Waals surface area contributed by atoms with Gasteiger partial charge in [-0.1, -0.05) is 0 Å². The maximum Gasteiger partial charge on any atom is 0.328 e. The highest BCUT2D eigenvalue weighted by Crippen LogP contribution is 2.26. The van der Waals surface area contributed by atoms with Gasteiger partial charge < -0.3 is 9.47 Å². The Bertz CT molecular complexity index is 410. The van der Waals surface area contributed by atoms with E-state index in [1.54, 1.807) is 14.0 Å². The minimum Gasteiger partial charge on any atom is -0.465 e. The van der Waals surface area contributed by atoms with Gasteiger partial charge in [0.25, 0.3) is 0 Å². The molecule has 0 N–H and O–H groups in total. The average molecular weight is 293 g/mol. The molecule has 0 unspecified atom stereocenters. The molecule has 0 amide bonds. The molecule has 0 atom stereocenters. The number of esters is 1. The number of rotatable bonds is 5. The predicted octanol–water partition coefficient (Wildman–Crippen LogP) is 0.769. The Morgan fingerprint density at radius 2 is 1.84 bits per heavy atom. The smallest absolute Gasteiger partial charge is 0.328 e. The highest BCUT2D eigenvalue weighted by atomic mass is 32.2. The van der Waals surface area contributed by atoms with Crippen LogP contribution >= 0.6 is 0 Å². The summed E-state index contributed by atoms with van der Waals surface area (Å²) in [7, 11) is -2.09. The van der Waals surface area contributed by atoms with Crippen molar-refractivity contribution in [2.24, 2.45) is 0 Å². The Balaban J connectivity index is 2.83. The van der Waals surface area contributed by atoms with E-state index in [1.165, 1.54) is 18.2 Å². The summed E-state index contributed by atoms with van der Waals surface area (Å²) in [6.07, 6.45) is 1.39. The quantitative estimate of drug-likeness (QED) is 0.700. The molecule has 0 aliphatic carbocycles. The summed E-state index contributed by atoms with van der Waals surface area (Å²) in [6.45, 7) is 5.37. The lowest BCUT2D eigenvalue weighted by Crippen LogP contribution is -2.53. The van der Waals surface area contributed by atoms with E-state index in [1.807, 2.05) is 0 Å². The van der Waals surface area contributed by atoms with Crippen LogP contribution in [0.3, 0.4) is 0 Å². The van der Waals surface area contributed by atoms with Gasteiger partial charge in [0.15, 0.2) is 4.75 Å². The number of carbonyl (C=O) groups excluding carboxylic acids is 1. The van der Waals surface area contributed by atoms with E-state index in [2.05, 4.69) is 0 Å². The van der Waals surface area contributed by atoms with Crippen LogP contribution in [-0.4, -0.2) is 56.3 Å². The fraction of sp³-hybridized carbons (Fsp3) is 0.917. The third-order valence-corrected chi connectivity index (χ3v) is 5.99. The summed E-state index contributed by atoms with van der Waals surface area (Å²) in [4.78, 5) is 11.8. The zero-order valence-corrected chi connectivity index (χ0v) is 12.8. The van der Waals surface area contributed by atoms with Crippen LogP contribution in [0.2, 0.25) is 0 Å². The van der Waals surface area contributed by atoms with Crippen molar-refractivity contribution in [2.45, 2.75) is 44.5 Å². The number of ether oxygens (including phenoxy) is 2. The number of carbonyl (C=O) groups is 1. The van der Waals surface area contributed by atoms with Gasteiger partial charge in [-0.2, -0.15) is 0 Å². The molecule has 0 saturated carbocycles. The second kappa shape index (κ2) is 6.19. The van der Waals surface area contributed by atoms with E-state index >= 15 is 0 Å². The van der Waals surface area contributed by atoms with Crippen molar-refractivity contribution in [2.75, 3.05) is 26.8 Å². The molecule has 0 aromatic carbocycles. The molecule has 1 rings (SSSR count). The van der Waals surface area contributed by atoms with Crippen LogP contribution < -0.4 is 0 Å². The molecular formula is C12H23NO5S. The molecule has 1 aliphatic heterocycles. The highest BCUT2D eigenvalue weighted by Gasteiger charge is 2.47. The van der Waals surface area contributed by atoms with E-state index in [4.69, 9.17) is 9.47 Å². The van der Waals surface area contributed by atoms with Gasteiger partial charge in [-0.15, -0.1) is 0 Å². The fourth-order valence-electron chi connectivity index (χ4n) is 2.04. The Kier molecular flexibility index (Phi) is 5.34. The molecule has 0 bridgehead atoms. The summed E-state index contributed by atoms with van der Waals surface area (Å²) in [6, 6.07) is 0. The second-order valence-electron chi connectivity index (χ2n) is 5.07. The lowest BCUT2D eigenvalue weighted by atomic mass is 10.1. The summed E-state index contributed by atoms with van der Waals surface area (Å²) in [5.41, 5.74) is 0. The molecule has 0 spiro atoms. The molecular weight excluding hydrogens is 270 g/mol. The van der Waals surface area contributed by atoms with E-state index in [0.29, 0.717) is 25.9 Å². The van der Waals surface area contributed by atoms with Gasteiger partial charge in [-0.05, 0) is 33.6 Å². The van der Waals surface area contributed by atoms with Crippen molar-refractivity contribution in [1.82, 2.24) is 4.31 Å². The van der Waals surface area contributed by atoms with E-state index < -0.39 is 20.7 Å². The number of piperidine rings is 1. The van der Waals surface area contributed by atoms with Crippen LogP contribution in [0.25, 0.3) is 0 Å². The van der Waals surface area contributed by atoms with Crippen molar-refractivity contribution < 1.29 is 22.7 Å². The predicted molar refractivity (Wildman–Crippen MR) is 71.2 cm³/mol. The first-order valence-corrected chi connectivity index (χ1v) is 7.91. The van der Waals surface area contributed by atoms with Gasteiger partial charge in [0.05, 0.1) is 12.7 Å². The molecule has 0 aromatic rings. The maximum atomic E-state index is 12.5. The van der Waals surface area contributed by atoms with Crippen molar-refractivity contribution in [3.05, 3.63) is 0 Å². The van der Waals surface area contributed by atoms with Crippen LogP contribution in [0.15, 0.2) is 0 Å². The standard InChI is InChI=1S/C12H23NO5S/c1-5-18-11(14)12(2,3)19(15,16)13-8-6-10(17-4)7-9-13/h10H,5-9H2,1-4H3. The second-order valence-corrected chi connectivity index (χ2v) is 7.56. The summed E-state index contributed by atoms with van der Waals surface area (Å²) in [5, 5.41) is 0. The molecule has 1 fully saturated rings. The number of nitrogens with zero attached hydrogens (tertiary/aromatic N) is 1. The molecule has 19 heavy (non-hydrogen) atoms. The summed E-state index contributed by atoms with van der Waals surface area (Å²) >= 11 is 0. The molecule has 112 valence electrons. The van der Waals surface area contributed by atoms with E-state index in [-0.39, 0.29) is 12.7 Å². The minimum atomic E-state index is -3.71. The van der Waals surface area contributed by atoms with Crippen molar-refractivity contribution in [3.8, 4) is 0 Å². The van der Waals surface area contributed by atoms with Gasteiger partial charge in [0.1, 0.15) is 0 Å². The number of hydrogen-bond acceptors (Lipinski definition) is 5. The van der Waals surface area contributed by atoms with E-state index in [9.17, 15) is 13.2 Å². The average Bonchev–Trinajstić information content (AvgIpc) is 2.38. The number of methoxy groups -OCH3 is 1. The van der Waals surface area contributed by atoms with Crippen LogP contribution in [0.4, 0.5) is 0 Å². The number of hydrogen-bond donors (Lipinski definition) is 0. The SMILES string of the molecule is CCOC(=O)C(C)(C)S(=O)(=O)N1CCC(OC)CC1. The van der Waals surface area contributed by atoms with Crippen molar-refractivity contribution in [1.29, 1.82) is 0 Å². The van der Waals surface area contributed by atoms with Crippen molar-refractivity contribution >= 4 is 16.0 Å². The lowest BCUT2D eigenvalue weighted by Gasteiger charge is -2.35. The fourth-order valence-corrected chi connectivity index (χ4v) is 3.65. The van der Waals surface area contributed by atoms with Crippen LogP contribution in [-0.2, 0) is 24.3 Å². The third kappa shape index (κ3) is 3.27. The Hall–Kier alpha value is -0.660. The Labute approximate surface area is 115 Å². The van der Waals surface area contributed by atoms with Crippen LogP contribution in [0, 0.1) is 0 Å². The molecule has 0 aromatic heterocycles. The molecule has 6 nitrogen and oxygen atoms in total. The lowest BCUT2D eigenvalue weighted by molar-refractivity contribution is -0.145. The minimum absolute atomic E-state index is 0.0946. The molecule has 0 radical (unpaired) electrons. The molecule has 1 heterocycles. The summed E-state index contributed by atoms with van der Waals surface area (Å²) in [5.74, 6) is -0.705. The molecule has 1 aliphatic rings. The maximum absolute atomic E-state index is 12.5. The largest absolute Gasteiger partial charge is 0.465 e. The monoisotopic (exact) mass is 293 g/mol.